The zero-order valence-corrected chi connectivity index (χ0v) is 13.7. The predicted octanol–water partition coefficient (Wildman–Crippen LogP) is 3.26. The van der Waals surface area contributed by atoms with Gasteiger partial charge in [0.25, 0.3) is 5.91 Å². The number of aliphatic hydroxyl groups is 1. The monoisotopic (exact) mass is 371 g/mol. The van der Waals surface area contributed by atoms with E-state index < -0.39 is 11.5 Å². The predicted molar refractivity (Wildman–Crippen MR) is 91.8 cm³/mol. The van der Waals surface area contributed by atoms with Gasteiger partial charge in [0.05, 0.1) is 6.42 Å². The molecule has 0 aliphatic carbocycles. The molecule has 1 amide bonds. The second kappa shape index (κ2) is 6.10. The smallest absolute Gasteiger partial charge is 0.261 e. The summed E-state index contributed by atoms with van der Waals surface area (Å²) in [7, 11) is 0. The van der Waals surface area contributed by atoms with Crippen LogP contribution >= 0.6 is 15.9 Å². The Morgan fingerprint density at radius 1 is 1.22 bits per heavy atom. The number of hydrogen-bond donors (Lipinski definition) is 2. The van der Waals surface area contributed by atoms with Crippen molar-refractivity contribution >= 4 is 39.4 Å². The van der Waals surface area contributed by atoms with Gasteiger partial charge in [-0.05, 0) is 29.8 Å². The van der Waals surface area contributed by atoms with Crippen molar-refractivity contribution in [2.75, 3.05) is 5.32 Å². The molecule has 1 aliphatic heterocycles. The SMILES string of the molecule is O=C(/C=C/c1ccccc1)CC1(O)C(=O)Nc2ccc(Br)cc21. The van der Waals surface area contributed by atoms with Crippen LogP contribution in [0.15, 0.2) is 59.1 Å². The summed E-state index contributed by atoms with van der Waals surface area (Å²) in [5.74, 6) is -0.897. The van der Waals surface area contributed by atoms with Crippen LogP contribution < -0.4 is 5.32 Å². The van der Waals surface area contributed by atoms with Crippen LogP contribution in [-0.2, 0) is 15.2 Å². The van der Waals surface area contributed by atoms with Crippen molar-refractivity contribution in [2.45, 2.75) is 12.0 Å². The first kappa shape index (κ1) is 15.6. The lowest BCUT2D eigenvalue weighted by Crippen LogP contribution is -2.36. The van der Waals surface area contributed by atoms with Crippen molar-refractivity contribution in [1.29, 1.82) is 0 Å². The number of rotatable bonds is 4. The molecule has 4 nitrogen and oxygen atoms in total. The maximum atomic E-state index is 12.2. The van der Waals surface area contributed by atoms with E-state index in [4.69, 9.17) is 0 Å². The molecule has 0 bridgehead atoms. The van der Waals surface area contributed by atoms with Crippen molar-refractivity contribution in [3.63, 3.8) is 0 Å². The summed E-state index contributed by atoms with van der Waals surface area (Å²) in [5.41, 5.74) is -0.0113. The third kappa shape index (κ3) is 3.11. The van der Waals surface area contributed by atoms with Gasteiger partial charge in [0, 0.05) is 15.7 Å². The zero-order valence-electron chi connectivity index (χ0n) is 12.1. The number of halogens is 1. The quantitative estimate of drug-likeness (QED) is 0.810. The molecule has 116 valence electrons. The summed E-state index contributed by atoms with van der Waals surface area (Å²) in [6.07, 6.45) is 2.75. The third-order valence-electron chi connectivity index (χ3n) is 3.74. The van der Waals surface area contributed by atoms with E-state index in [1.807, 2.05) is 30.3 Å². The summed E-state index contributed by atoms with van der Waals surface area (Å²) < 4.78 is 0.735. The second-order valence-corrected chi connectivity index (χ2v) is 6.31. The Morgan fingerprint density at radius 3 is 2.70 bits per heavy atom. The fraction of sp³-hybridized carbons (Fsp3) is 0.111. The van der Waals surface area contributed by atoms with Crippen molar-refractivity contribution in [2.24, 2.45) is 0 Å². The molecule has 1 unspecified atom stereocenters. The van der Waals surface area contributed by atoms with Gasteiger partial charge in [0.2, 0.25) is 0 Å². The van der Waals surface area contributed by atoms with Crippen molar-refractivity contribution in [3.8, 4) is 0 Å². The van der Waals surface area contributed by atoms with E-state index in [0.717, 1.165) is 10.0 Å². The average molecular weight is 372 g/mol. The number of carbonyl (C=O) groups excluding carboxylic acids is 2. The van der Waals surface area contributed by atoms with Gasteiger partial charge < -0.3 is 10.4 Å². The highest BCUT2D eigenvalue weighted by molar-refractivity contribution is 9.10. The Bertz CT molecular complexity index is 801. The molecule has 1 heterocycles. The van der Waals surface area contributed by atoms with E-state index in [0.29, 0.717) is 11.3 Å². The first-order chi connectivity index (χ1) is 11.0. The number of carbonyl (C=O) groups is 2. The maximum Gasteiger partial charge on any atom is 0.261 e. The lowest BCUT2D eigenvalue weighted by molar-refractivity contribution is -0.138. The van der Waals surface area contributed by atoms with Gasteiger partial charge in [-0.3, -0.25) is 9.59 Å². The molecule has 0 radical (unpaired) electrons. The molecule has 3 rings (SSSR count). The van der Waals surface area contributed by atoms with Gasteiger partial charge in [0.1, 0.15) is 0 Å². The van der Waals surface area contributed by atoms with Crippen molar-refractivity contribution < 1.29 is 14.7 Å². The molecule has 5 heteroatoms. The summed E-state index contributed by atoms with van der Waals surface area (Å²) in [6, 6.07) is 14.5. The van der Waals surface area contributed by atoms with Crippen LogP contribution in [0, 0.1) is 0 Å². The van der Waals surface area contributed by atoms with Gasteiger partial charge >= 0.3 is 0 Å². The molecule has 23 heavy (non-hydrogen) atoms. The van der Waals surface area contributed by atoms with Crippen LogP contribution in [-0.4, -0.2) is 16.8 Å². The van der Waals surface area contributed by atoms with E-state index in [2.05, 4.69) is 21.2 Å². The lowest BCUT2D eigenvalue weighted by Gasteiger charge is -2.19. The largest absolute Gasteiger partial charge is 0.375 e. The van der Waals surface area contributed by atoms with Gasteiger partial charge in [-0.1, -0.05) is 52.3 Å². The molecule has 0 saturated carbocycles. The van der Waals surface area contributed by atoms with Crippen LogP contribution in [0.1, 0.15) is 17.5 Å². The standard InChI is InChI=1S/C18H14BrNO3/c19-13-7-9-16-15(10-13)18(23,17(22)20-16)11-14(21)8-6-12-4-2-1-3-5-12/h1-10,23H,11H2,(H,20,22)/b8-6+. The Hall–Kier alpha value is -2.24. The van der Waals surface area contributed by atoms with Crippen LogP contribution in [0.5, 0.6) is 0 Å². The number of fused-ring (bicyclic) bond motifs is 1. The van der Waals surface area contributed by atoms with Gasteiger partial charge in [0.15, 0.2) is 11.4 Å². The number of nitrogens with one attached hydrogen (secondary N) is 1. The first-order valence-corrected chi connectivity index (χ1v) is 7.88. The van der Waals surface area contributed by atoms with Crippen LogP contribution in [0.3, 0.4) is 0 Å². The highest BCUT2D eigenvalue weighted by Crippen LogP contribution is 2.39. The van der Waals surface area contributed by atoms with Gasteiger partial charge in [-0.25, -0.2) is 0 Å². The molecule has 1 aliphatic rings. The number of allylic oxidation sites excluding steroid dienone is 1. The Morgan fingerprint density at radius 2 is 1.96 bits per heavy atom. The molecular weight excluding hydrogens is 358 g/mol. The molecule has 0 fully saturated rings. The number of benzene rings is 2. The number of amides is 1. The summed E-state index contributed by atoms with van der Waals surface area (Å²) in [4.78, 5) is 24.3. The highest BCUT2D eigenvalue weighted by atomic mass is 79.9. The molecule has 0 saturated heterocycles. The Labute approximate surface area is 142 Å². The highest BCUT2D eigenvalue weighted by Gasteiger charge is 2.46. The number of ketones is 1. The first-order valence-electron chi connectivity index (χ1n) is 7.09. The summed E-state index contributed by atoms with van der Waals surface area (Å²) >= 11 is 3.31. The molecule has 2 N–H and O–H groups in total. The molecule has 2 aromatic carbocycles. The molecule has 0 aromatic heterocycles. The van der Waals surface area contributed by atoms with Gasteiger partial charge in [-0.15, -0.1) is 0 Å². The molecule has 1 atom stereocenters. The van der Waals surface area contributed by atoms with E-state index >= 15 is 0 Å². The second-order valence-electron chi connectivity index (χ2n) is 5.39. The van der Waals surface area contributed by atoms with E-state index in [-0.39, 0.29) is 12.2 Å². The number of hydrogen-bond acceptors (Lipinski definition) is 3. The lowest BCUT2D eigenvalue weighted by atomic mass is 9.90. The topological polar surface area (TPSA) is 66.4 Å². The maximum absolute atomic E-state index is 12.2. The normalized spacial score (nSPS) is 19.7. The third-order valence-corrected chi connectivity index (χ3v) is 4.24. The summed E-state index contributed by atoms with van der Waals surface area (Å²) in [6.45, 7) is 0. The Balaban J connectivity index is 1.82. The fourth-order valence-corrected chi connectivity index (χ4v) is 2.92. The minimum Gasteiger partial charge on any atom is -0.375 e. The Kier molecular flexibility index (Phi) is 4.15. The minimum absolute atomic E-state index is 0.300. The van der Waals surface area contributed by atoms with Crippen LogP contribution in [0.4, 0.5) is 5.69 Å². The summed E-state index contributed by atoms with van der Waals surface area (Å²) in [5, 5.41) is 13.3. The van der Waals surface area contributed by atoms with Crippen molar-refractivity contribution in [3.05, 3.63) is 70.2 Å². The van der Waals surface area contributed by atoms with Gasteiger partial charge in [-0.2, -0.15) is 0 Å². The van der Waals surface area contributed by atoms with Crippen LogP contribution in [0.2, 0.25) is 0 Å². The number of anilines is 1. The van der Waals surface area contributed by atoms with E-state index in [9.17, 15) is 14.7 Å². The van der Waals surface area contributed by atoms with E-state index in [1.165, 1.54) is 6.08 Å². The minimum atomic E-state index is -1.84. The fourth-order valence-electron chi connectivity index (χ4n) is 2.56. The van der Waals surface area contributed by atoms with Crippen molar-refractivity contribution in [1.82, 2.24) is 0 Å². The molecule has 0 spiro atoms. The molecular formula is C18H14BrNO3. The van der Waals surface area contributed by atoms with E-state index in [1.54, 1.807) is 24.3 Å². The zero-order chi connectivity index (χ0) is 16.4. The molecule has 2 aromatic rings. The average Bonchev–Trinajstić information content (AvgIpc) is 2.78. The van der Waals surface area contributed by atoms with Crippen LogP contribution in [0.25, 0.3) is 6.08 Å².